The van der Waals surface area contributed by atoms with Gasteiger partial charge in [0.1, 0.15) is 0 Å². The van der Waals surface area contributed by atoms with Crippen LogP contribution < -0.4 is 10.6 Å². The van der Waals surface area contributed by atoms with Gasteiger partial charge < -0.3 is 10.6 Å². The first-order valence-corrected chi connectivity index (χ1v) is 9.22. The van der Waals surface area contributed by atoms with Gasteiger partial charge in [-0.25, -0.2) is 0 Å². The SMILES string of the molecule is O=C(NCC1CCC(C(=O)NCc2ccccc2)CC1)c1ccncc1. The number of hydrogen-bond acceptors (Lipinski definition) is 3. The molecule has 1 aliphatic carbocycles. The molecule has 1 saturated carbocycles. The topological polar surface area (TPSA) is 71.1 Å². The Kier molecular flexibility index (Phi) is 6.36. The molecule has 1 heterocycles. The number of aromatic nitrogens is 1. The molecule has 3 rings (SSSR count). The van der Waals surface area contributed by atoms with Gasteiger partial charge in [-0.15, -0.1) is 0 Å². The lowest BCUT2D eigenvalue weighted by Crippen LogP contribution is -2.36. The molecular formula is C21H25N3O2. The first-order chi connectivity index (χ1) is 12.7. The maximum absolute atomic E-state index is 12.3. The number of rotatable bonds is 6. The fourth-order valence-corrected chi connectivity index (χ4v) is 3.40. The minimum atomic E-state index is -0.0601. The number of pyridine rings is 1. The molecule has 5 heteroatoms. The molecule has 136 valence electrons. The summed E-state index contributed by atoms with van der Waals surface area (Å²) in [5, 5.41) is 6.03. The lowest BCUT2D eigenvalue weighted by atomic mass is 9.81. The smallest absolute Gasteiger partial charge is 0.251 e. The highest BCUT2D eigenvalue weighted by Gasteiger charge is 2.26. The summed E-state index contributed by atoms with van der Waals surface area (Å²) in [5.41, 5.74) is 1.75. The van der Waals surface area contributed by atoms with Crippen molar-refractivity contribution >= 4 is 11.8 Å². The molecule has 0 spiro atoms. The van der Waals surface area contributed by atoms with Crippen molar-refractivity contribution in [2.24, 2.45) is 11.8 Å². The van der Waals surface area contributed by atoms with E-state index in [2.05, 4.69) is 15.6 Å². The number of nitrogens with one attached hydrogen (secondary N) is 2. The molecule has 2 N–H and O–H groups in total. The maximum Gasteiger partial charge on any atom is 0.251 e. The van der Waals surface area contributed by atoms with Crippen LogP contribution >= 0.6 is 0 Å². The molecule has 5 nitrogen and oxygen atoms in total. The van der Waals surface area contributed by atoms with E-state index in [1.54, 1.807) is 24.5 Å². The highest BCUT2D eigenvalue weighted by Crippen LogP contribution is 2.28. The molecule has 0 atom stereocenters. The van der Waals surface area contributed by atoms with Crippen LogP contribution in [-0.2, 0) is 11.3 Å². The largest absolute Gasteiger partial charge is 0.352 e. The third-order valence-corrected chi connectivity index (χ3v) is 5.02. The summed E-state index contributed by atoms with van der Waals surface area (Å²) in [6.07, 6.45) is 6.95. The predicted octanol–water partition coefficient (Wildman–Crippen LogP) is 2.93. The van der Waals surface area contributed by atoms with Crippen molar-refractivity contribution in [2.45, 2.75) is 32.2 Å². The second-order valence-corrected chi connectivity index (χ2v) is 6.87. The summed E-state index contributed by atoms with van der Waals surface area (Å²) in [7, 11) is 0. The Balaban J connectivity index is 1.37. The lowest BCUT2D eigenvalue weighted by molar-refractivity contribution is -0.126. The lowest BCUT2D eigenvalue weighted by Gasteiger charge is -2.28. The van der Waals surface area contributed by atoms with E-state index in [-0.39, 0.29) is 17.7 Å². The summed E-state index contributed by atoms with van der Waals surface area (Å²) in [6, 6.07) is 13.4. The van der Waals surface area contributed by atoms with Crippen LogP contribution in [0.1, 0.15) is 41.6 Å². The summed E-state index contributed by atoms with van der Waals surface area (Å²) in [4.78, 5) is 28.3. The van der Waals surface area contributed by atoms with Gasteiger partial charge in [0.15, 0.2) is 0 Å². The molecule has 2 amide bonds. The molecule has 2 aromatic rings. The Morgan fingerprint density at radius 3 is 2.31 bits per heavy atom. The van der Waals surface area contributed by atoms with E-state index >= 15 is 0 Å². The number of amides is 2. The van der Waals surface area contributed by atoms with Crippen LogP contribution in [0.3, 0.4) is 0 Å². The molecule has 1 aromatic carbocycles. The average molecular weight is 351 g/mol. The summed E-state index contributed by atoms with van der Waals surface area (Å²) < 4.78 is 0. The molecule has 1 fully saturated rings. The number of nitrogens with zero attached hydrogens (tertiary/aromatic N) is 1. The summed E-state index contributed by atoms with van der Waals surface area (Å²) in [6.45, 7) is 1.25. The molecule has 0 radical (unpaired) electrons. The minimum Gasteiger partial charge on any atom is -0.352 e. The van der Waals surface area contributed by atoms with Gasteiger partial charge in [0.05, 0.1) is 0 Å². The molecule has 1 aliphatic rings. The molecule has 0 bridgehead atoms. The Morgan fingerprint density at radius 2 is 1.62 bits per heavy atom. The van der Waals surface area contributed by atoms with Gasteiger partial charge in [-0.1, -0.05) is 30.3 Å². The molecule has 0 aliphatic heterocycles. The van der Waals surface area contributed by atoms with Crippen LogP contribution in [0, 0.1) is 11.8 Å². The van der Waals surface area contributed by atoms with Crippen molar-refractivity contribution < 1.29 is 9.59 Å². The summed E-state index contributed by atoms with van der Waals surface area (Å²) >= 11 is 0. The van der Waals surface area contributed by atoms with E-state index in [1.165, 1.54) is 0 Å². The standard InChI is InChI=1S/C21H25N3O2/c25-20(23-14-16-4-2-1-3-5-16)18-8-6-17(7-9-18)15-24-21(26)19-10-12-22-13-11-19/h1-5,10-13,17-18H,6-9,14-15H2,(H,23,25)(H,24,26). The minimum absolute atomic E-state index is 0.0601. The van der Waals surface area contributed by atoms with Crippen LogP contribution in [0.2, 0.25) is 0 Å². The van der Waals surface area contributed by atoms with Crippen LogP contribution in [0.25, 0.3) is 0 Å². The molecule has 0 saturated heterocycles. The third-order valence-electron chi connectivity index (χ3n) is 5.02. The van der Waals surface area contributed by atoms with Crippen molar-refractivity contribution in [1.29, 1.82) is 0 Å². The van der Waals surface area contributed by atoms with Gasteiger partial charge in [0.25, 0.3) is 5.91 Å². The van der Waals surface area contributed by atoms with Crippen molar-refractivity contribution in [3.8, 4) is 0 Å². The molecule has 1 aromatic heterocycles. The highest BCUT2D eigenvalue weighted by atomic mass is 16.2. The van der Waals surface area contributed by atoms with E-state index < -0.39 is 0 Å². The van der Waals surface area contributed by atoms with Gasteiger partial charge in [-0.05, 0) is 49.3 Å². The molecule has 26 heavy (non-hydrogen) atoms. The Labute approximate surface area is 154 Å². The van der Waals surface area contributed by atoms with E-state index in [0.29, 0.717) is 24.6 Å². The summed E-state index contributed by atoms with van der Waals surface area (Å²) in [5.74, 6) is 0.619. The predicted molar refractivity (Wildman–Crippen MR) is 100 cm³/mol. The Morgan fingerprint density at radius 1 is 0.923 bits per heavy atom. The van der Waals surface area contributed by atoms with Gasteiger partial charge in [0.2, 0.25) is 5.91 Å². The zero-order valence-corrected chi connectivity index (χ0v) is 14.9. The van der Waals surface area contributed by atoms with Crippen LogP contribution in [0.5, 0.6) is 0 Å². The van der Waals surface area contributed by atoms with Gasteiger partial charge >= 0.3 is 0 Å². The second-order valence-electron chi connectivity index (χ2n) is 6.87. The first kappa shape index (κ1) is 18.1. The number of benzene rings is 1. The normalized spacial score (nSPS) is 19.5. The average Bonchev–Trinajstić information content (AvgIpc) is 2.72. The van der Waals surface area contributed by atoms with Crippen molar-refractivity contribution in [1.82, 2.24) is 15.6 Å². The maximum atomic E-state index is 12.3. The van der Waals surface area contributed by atoms with Crippen molar-refractivity contribution in [3.05, 3.63) is 66.0 Å². The van der Waals surface area contributed by atoms with Crippen molar-refractivity contribution in [2.75, 3.05) is 6.54 Å². The van der Waals surface area contributed by atoms with Crippen LogP contribution in [-0.4, -0.2) is 23.3 Å². The zero-order chi connectivity index (χ0) is 18.2. The number of hydrogen-bond donors (Lipinski definition) is 2. The second kappa shape index (κ2) is 9.13. The first-order valence-electron chi connectivity index (χ1n) is 9.22. The zero-order valence-electron chi connectivity index (χ0n) is 14.9. The van der Waals surface area contributed by atoms with Gasteiger partial charge in [-0.3, -0.25) is 14.6 Å². The Bertz CT molecular complexity index is 711. The van der Waals surface area contributed by atoms with E-state index in [4.69, 9.17) is 0 Å². The number of carbonyl (C=O) groups excluding carboxylic acids is 2. The van der Waals surface area contributed by atoms with E-state index in [9.17, 15) is 9.59 Å². The van der Waals surface area contributed by atoms with E-state index in [0.717, 1.165) is 31.2 Å². The fourth-order valence-electron chi connectivity index (χ4n) is 3.40. The van der Waals surface area contributed by atoms with Crippen molar-refractivity contribution in [3.63, 3.8) is 0 Å². The number of carbonyl (C=O) groups is 2. The van der Waals surface area contributed by atoms with E-state index in [1.807, 2.05) is 30.3 Å². The van der Waals surface area contributed by atoms with Gasteiger partial charge in [-0.2, -0.15) is 0 Å². The fraction of sp³-hybridized carbons (Fsp3) is 0.381. The quantitative estimate of drug-likeness (QED) is 0.840. The van der Waals surface area contributed by atoms with Gasteiger partial charge in [0, 0.05) is 37.0 Å². The molecule has 0 unspecified atom stereocenters. The van der Waals surface area contributed by atoms with Crippen LogP contribution in [0.15, 0.2) is 54.9 Å². The Hall–Kier alpha value is -2.69. The van der Waals surface area contributed by atoms with Crippen LogP contribution in [0.4, 0.5) is 0 Å². The third kappa shape index (κ3) is 5.15. The highest BCUT2D eigenvalue weighted by molar-refractivity contribution is 5.93. The molecular weight excluding hydrogens is 326 g/mol. The monoisotopic (exact) mass is 351 g/mol.